The maximum Gasteiger partial charge on any atom is 0.472 e. The zero-order valence-corrected chi connectivity index (χ0v) is 46.7. The third-order valence-corrected chi connectivity index (χ3v) is 12.2. The Hall–Kier alpha value is -4.11. The second-order valence-corrected chi connectivity index (χ2v) is 19.5. The van der Waals surface area contributed by atoms with E-state index in [0.29, 0.717) is 12.8 Å². The van der Waals surface area contributed by atoms with Crippen LogP contribution in [0.3, 0.4) is 0 Å². The van der Waals surface area contributed by atoms with Gasteiger partial charge in [-0.3, -0.25) is 18.6 Å². The van der Waals surface area contributed by atoms with E-state index in [-0.39, 0.29) is 32.6 Å². The molecule has 0 bridgehead atoms. The number of nitrogens with two attached hydrogens (primary N) is 1. The van der Waals surface area contributed by atoms with E-state index in [1.807, 2.05) is 6.08 Å². The topological polar surface area (TPSA) is 134 Å². The molecule has 0 amide bonds. The van der Waals surface area contributed by atoms with Crippen LogP contribution in [-0.2, 0) is 32.7 Å². The maximum absolute atomic E-state index is 12.7. The van der Waals surface area contributed by atoms with Crippen molar-refractivity contribution >= 4 is 19.8 Å². The molecule has 0 fully saturated rings. The number of allylic oxidation sites excluding steroid dienone is 24. The highest BCUT2D eigenvalue weighted by molar-refractivity contribution is 7.47. The largest absolute Gasteiger partial charge is 0.472 e. The number of phosphoric ester groups is 1. The predicted octanol–water partition coefficient (Wildman–Crippen LogP) is 18.0. The Morgan fingerprint density at radius 3 is 1.10 bits per heavy atom. The van der Waals surface area contributed by atoms with E-state index in [4.69, 9.17) is 24.3 Å². The minimum absolute atomic E-state index is 0.0385. The first-order valence-corrected chi connectivity index (χ1v) is 29.8. The molecule has 0 aliphatic carbocycles. The lowest BCUT2D eigenvalue weighted by molar-refractivity contribution is -0.161. The lowest BCUT2D eigenvalue weighted by atomic mass is 10.0. The van der Waals surface area contributed by atoms with Crippen molar-refractivity contribution in [2.45, 2.75) is 213 Å². The number of hydrogen-bond acceptors (Lipinski definition) is 8. The van der Waals surface area contributed by atoms with Crippen LogP contribution in [0.1, 0.15) is 206 Å². The first-order chi connectivity index (χ1) is 35.8. The number of rotatable bonds is 51. The van der Waals surface area contributed by atoms with Gasteiger partial charge in [0.1, 0.15) is 6.61 Å². The summed E-state index contributed by atoms with van der Waals surface area (Å²) in [7, 11) is -4.41. The molecule has 0 rings (SSSR count). The number of esters is 2. The Bertz CT molecular complexity index is 1700. The van der Waals surface area contributed by atoms with E-state index in [2.05, 4.69) is 154 Å². The molecule has 0 saturated carbocycles. The smallest absolute Gasteiger partial charge is 0.462 e. The molecule has 0 aromatic heterocycles. The summed E-state index contributed by atoms with van der Waals surface area (Å²) in [6, 6.07) is 0. The van der Waals surface area contributed by atoms with Crippen LogP contribution in [0.25, 0.3) is 0 Å². The molecule has 2 unspecified atom stereocenters. The standard InChI is InChI=1S/C63H102NO8P/c1-3-5-7-9-11-13-15-17-19-21-22-23-24-25-26-27-28-29-30-31-32-33-34-35-36-37-38-40-42-44-46-48-50-52-54-56-63(66)72-61(60-71-73(67,68)70-58-57-64)59-69-62(65)55-53-51-49-47-45-43-41-39-20-18-16-14-12-10-8-6-4-2/h5-8,11-14,17-20,22-23,25-26,28-29,31-32,41,43,47,49,61H,3-4,9-10,15-16,21,24,27,30,33-40,42,44-46,48,50-60,64H2,1-2H3,(H,67,68)/b7-5-,8-6-,13-11-,14-12-,19-17-,20-18-,23-22-,26-25-,29-28-,32-31-,43-41-,49-47-. The second-order valence-electron chi connectivity index (χ2n) is 18.0. The molecule has 0 aromatic carbocycles. The number of hydrogen-bond donors (Lipinski definition) is 2. The molecule has 2 atom stereocenters. The average molecular weight is 1030 g/mol. The van der Waals surface area contributed by atoms with Gasteiger partial charge in [-0.2, -0.15) is 0 Å². The van der Waals surface area contributed by atoms with Crippen molar-refractivity contribution in [2.75, 3.05) is 26.4 Å². The van der Waals surface area contributed by atoms with Crippen LogP contribution in [0.2, 0.25) is 0 Å². The van der Waals surface area contributed by atoms with E-state index in [1.54, 1.807) is 0 Å². The predicted molar refractivity (Wildman–Crippen MR) is 311 cm³/mol. The normalized spacial score (nSPS) is 14.2. The van der Waals surface area contributed by atoms with Gasteiger partial charge in [0.2, 0.25) is 0 Å². The Morgan fingerprint density at radius 1 is 0.411 bits per heavy atom. The molecule has 0 saturated heterocycles. The van der Waals surface area contributed by atoms with Gasteiger partial charge in [-0.15, -0.1) is 0 Å². The molecule has 10 heteroatoms. The van der Waals surface area contributed by atoms with Crippen molar-refractivity contribution in [3.8, 4) is 0 Å². The summed E-state index contributed by atoms with van der Waals surface area (Å²) in [6.45, 7) is 3.43. The highest BCUT2D eigenvalue weighted by Crippen LogP contribution is 2.43. The molecular formula is C63H102NO8P. The quantitative estimate of drug-likeness (QED) is 0.0264. The molecular weight excluding hydrogens is 930 g/mol. The Labute approximate surface area is 446 Å². The van der Waals surface area contributed by atoms with Gasteiger partial charge in [0.05, 0.1) is 13.2 Å². The summed E-state index contributed by atoms with van der Waals surface area (Å²) in [6.07, 6.45) is 82.0. The van der Waals surface area contributed by atoms with E-state index in [1.165, 1.54) is 64.2 Å². The van der Waals surface area contributed by atoms with Gasteiger partial charge < -0.3 is 20.1 Å². The van der Waals surface area contributed by atoms with E-state index >= 15 is 0 Å². The van der Waals surface area contributed by atoms with Crippen molar-refractivity contribution < 1.29 is 37.6 Å². The van der Waals surface area contributed by atoms with Crippen LogP contribution >= 0.6 is 7.82 Å². The van der Waals surface area contributed by atoms with Crippen molar-refractivity contribution in [3.63, 3.8) is 0 Å². The van der Waals surface area contributed by atoms with Gasteiger partial charge in [-0.05, 0) is 109 Å². The van der Waals surface area contributed by atoms with Gasteiger partial charge in [0.25, 0.3) is 0 Å². The van der Waals surface area contributed by atoms with Crippen LogP contribution < -0.4 is 5.73 Å². The minimum Gasteiger partial charge on any atom is -0.462 e. The zero-order valence-electron chi connectivity index (χ0n) is 45.8. The molecule has 0 spiro atoms. The number of unbranched alkanes of at least 4 members (excludes halogenated alkanes) is 14. The van der Waals surface area contributed by atoms with Crippen LogP contribution in [0.15, 0.2) is 146 Å². The molecule has 0 aliphatic rings. The Balaban J connectivity index is 4.02. The monoisotopic (exact) mass is 1030 g/mol. The van der Waals surface area contributed by atoms with Gasteiger partial charge in [0, 0.05) is 19.4 Å². The van der Waals surface area contributed by atoms with Crippen molar-refractivity contribution in [2.24, 2.45) is 5.73 Å². The summed E-state index contributed by atoms with van der Waals surface area (Å²) >= 11 is 0. The van der Waals surface area contributed by atoms with Crippen LogP contribution in [0, 0.1) is 0 Å². The lowest BCUT2D eigenvalue weighted by Crippen LogP contribution is -2.29. The van der Waals surface area contributed by atoms with Crippen LogP contribution in [0.4, 0.5) is 0 Å². The van der Waals surface area contributed by atoms with E-state index in [9.17, 15) is 19.0 Å². The molecule has 73 heavy (non-hydrogen) atoms. The number of carbonyl (C=O) groups excluding carboxylic acids is 2. The van der Waals surface area contributed by atoms with Gasteiger partial charge >= 0.3 is 19.8 Å². The highest BCUT2D eigenvalue weighted by Gasteiger charge is 2.26. The zero-order chi connectivity index (χ0) is 53.1. The molecule has 0 aliphatic heterocycles. The van der Waals surface area contributed by atoms with E-state index < -0.39 is 32.5 Å². The fourth-order valence-electron chi connectivity index (χ4n) is 7.12. The van der Waals surface area contributed by atoms with Crippen LogP contribution in [-0.4, -0.2) is 49.3 Å². The van der Waals surface area contributed by atoms with Gasteiger partial charge in [0.15, 0.2) is 6.10 Å². The summed E-state index contributed by atoms with van der Waals surface area (Å²) in [5.74, 6) is -0.907. The molecule has 9 nitrogen and oxygen atoms in total. The third kappa shape index (κ3) is 57.0. The number of carbonyl (C=O) groups is 2. The van der Waals surface area contributed by atoms with E-state index in [0.717, 1.165) is 103 Å². The van der Waals surface area contributed by atoms with Crippen molar-refractivity contribution in [1.29, 1.82) is 0 Å². The Kier molecular flexibility index (Phi) is 54.0. The summed E-state index contributed by atoms with van der Waals surface area (Å²) in [4.78, 5) is 35.1. The van der Waals surface area contributed by atoms with Gasteiger partial charge in [-0.25, -0.2) is 4.57 Å². The van der Waals surface area contributed by atoms with Crippen LogP contribution in [0.5, 0.6) is 0 Å². The summed E-state index contributed by atoms with van der Waals surface area (Å²) in [5, 5.41) is 0. The highest BCUT2D eigenvalue weighted by atomic mass is 31.2. The molecule has 0 radical (unpaired) electrons. The van der Waals surface area contributed by atoms with Crippen molar-refractivity contribution in [1.82, 2.24) is 0 Å². The first kappa shape index (κ1) is 68.9. The van der Waals surface area contributed by atoms with Gasteiger partial charge in [-0.1, -0.05) is 230 Å². The molecule has 412 valence electrons. The fraction of sp³-hybridized carbons (Fsp3) is 0.587. The summed E-state index contributed by atoms with van der Waals surface area (Å²) < 4.78 is 32.9. The first-order valence-electron chi connectivity index (χ1n) is 28.3. The average Bonchev–Trinajstić information content (AvgIpc) is 3.38. The lowest BCUT2D eigenvalue weighted by Gasteiger charge is -2.19. The second kappa shape index (κ2) is 57.2. The maximum atomic E-state index is 12.7. The molecule has 0 aromatic rings. The number of ether oxygens (including phenoxy) is 2. The summed E-state index contributed by atoms with van der Waals surface area (Å²) in [5.41, 5.74) is 5.37. The number of phosphoric acid groups is 1. The molecule has 3 N–H and O–H groups in total. The third-order valence-electron chi connectivity index (χ3n) is 11.2. The molecule has 0 heterocycles. The minimum atomic E-state index is -4.41. The van der Waals surface area contributed by atoms with Crippen molar-refractivity contribution in [3.05, 3.63) is 146 Å². The fourth-order valence-corrected chi connectivity index (χ4v) is 7.89. The Morgan fingerprint density at radius 2 is 0.726 bits per heavy atom. The SMILES string of the molecule is CC/C=C\C/C=C\C/C=C\C/C=C\C/C=C\C/C=C\C/C=C\CCCCCCCCCCCCCCCC(=O)OC(COC(=O)CCC/C=C\C/C=C\C/C=C\C/C=C\C/C=C\CC)COP(=O)(O)OCCN.